The van der Waals surface area contributed by atoms with Gasteiger partial charge in [-0.15, -0.1) is 0 Å². The van der Waals surface area contributed by atoms with Crippen LogP contribution in [0.1, 0.15) is 31.4 Å². The molecule has 0 aliphatic carbocycles. The van der Waals surface area contributed by atoms with Crippen molar-refractivity contribution in [1.29, 1.82) is 0 Å². The van der Waals surface area contributed by atoms with Gasteiger partial charge in [0, 0.05) is 11.1 Å². The molecule has 1 aromatic rings. The van der Waals surface area contributed by atoms with E-state index in [1.807, 2.05) is 0 Å². The first-order chi connectivity index (χ1) is 6.86. The Labute approximate surface area is 87.5 Å². The van der Waals surface area contributed by atoms with Gasteiger partial charge in [-0.25, -0.2) is 8.78 Å². The molecule has 2 nitrogen and oxygen atoms in total. The van der Waals surface area contributed by atoms with E-state index in [9.17, 15) is 13.9 Å². The molecule has 0 aromatic heterocycles. The van der Waals surface area contributed by atoms with Crippen molar-refractivity contribution in [2.75, 3.05) is 7.11 Å². The van der Waals surface area contributed by atoms with Crippen molar-refractivity contribution in [2.24, 2.45) is 0 Å². The zero-order valence-electron chi connectivity index (χ0n) is 8.92. The van der Waals surface area contributed by atoms with Crippen LogP contribution in [0, 0.1) is 0 Å². The van der Waals surface area contributed by atoms with Crippen LogP contribution in [0.15, 0.2) is 18.2 Å². The number of halogens is 2. The second-order valence-corrected chi connectivity index (χ2v) is 3.82. The van der Waals surface area contributed by atoms with Gasteiger partial charge in [0.15, 0.2) is 0 Å². The lowest BCUT2D eigenvalue weighted by Crippen LogP contribution is -2.16. The topological polar surface area (TPSA) is 29.5 Å². The molecule has 0 heterocycles. The highest BCUT2D eigenvalue weighted by Gasteiger charge is 2.22. The molecule has 0 aliphatic rings. The quantitative estimate of drug-likeness (QED) is 0.841. The largest absolute Gasteiger partial charge is 0.496 e. The second kappa shape index (κ2) is 4.14. The van der Waals surface area contributed by atoms with Gasteiger partial charge in [0.1, 0.15) is 5.75 Å². The highest BCUT2D eigenvalue weighted by Crippen LogP contribution is 2.32. The number of alkyl halides is 2. The van der Waals surface area contributed by atoms with Gasteiger partial charge < -0.3 is 9.84 Å². The van der Waals surface area contributed by atoms with Crippen LogP contribution >= 0.6 is 0 Å². The third-order valence-electron chi connectivity index (χ3n) is 2.14. The molecule has 0 radical (unpaired) electrons. The standard InChI is InChI=1S/C11H14F2O2/c1-11(2,14)8-5-4-7(10(12)13)6-9(8)15-3/h4-6,10,14H,1-3H3. The molecule has 15 heavy (non-hydrogen) atoms. The van der Waals surface area contributed by atoms with Crippen molar-refractivity contribution in [3.05, 3.63) is 29.3 Å². The van der Waals surface area contributed by atoms with Crippen LogP contribution < -0.4 is 4.74 Å². The van der Waals surface area contributed by atoms with Crippen molar-refractivity contribution in [1.82, 2.24) is 0 Å². The van der Waals surface area contributed by atoms with Crippen LogP contribution in [0.2, 0.25) is 0 Å². The zero-order chi connectivity index (χ0) is 11.6. The van der Waals surface area contributed by atoms with E-state index in [1.54, 1.807) is 13.8 Å². The number of aliphatic hydroxyl groups is 1. The molecule has 1 aromatic carbocycles. The summed E-state index contributed by atoms with van der Waals surface area (Å²) in [5, 5.41) is 9.76. The summed E-state index contributed by atoms with van der Waals surface area (Å²) in [6.45, 7) is 3.15. The Bertz CT molecular complexity index is 343. The monoisotopic (exact) mass is 216 g/mol. The van der Waals surface area contributed by atoms with Gasteiger partial charge >= 0.3 is 0 Å². The maximum absolute atomic E-state index is 12.4. The molecule has 1 rings (SSSR count). The van der Waals surface area contributed by atoms with E-state index in [4.69, 9.17) is 4.74 Å². The first kappa shape index (κ1) is 11.9. The summed E-state index contributed by atoms with van der Waals surface area (Å²) in [5.41, 5.74) is -0.722. The van der Waals surface area contributed by atoms with Crippen LogP contribution in [0.3, 0.4) is 0 Å². The molecule has 0 amide bonds. The average Bonchev–Trinajstić information content (AvgIpc) is 2.15. The highest BCUT2D eigenvalue weighted by atomic mass is 19.3. The average molecular weight is 216 g/mol. The summed E-state index contributed by atoms with van der Waals surface area (Å²) in [5.74, 6) is 0.278. The van der Waals surface area contributed by atoms with Crippen LogP contribution in [0.5, 0.6) is 5.75 Å². The lowest BCUT2D eigenvalue weighted by Gasteiger charge is -2.21. The van der Waals surface area contributed by atoms with Crippen LogP contribution in [0.4, 0.5) is 8.78 Å². The first-order valence-electron chi connectivity index (χ1n) is 4.55. The predicted octanol–water partition coefficient (Wildman–Crippen LogP) is 2.86. The lowest BCUT2D eigenvalue weighted by molar-refractivity contribution is 0.0753. The van der Waals surface area contributed by atoms with E-state index in [1.165, 1.54) is 25.3 Å². The Morgan fingerprint density at radius 3 is 2.33 bits per heavy atom. The highest BCUT2D eigenvalue weighted by molar-refractivity contribution is 5.41. The molecule has 0 fully saturated rings. The van der Waals surface area contributed by atoms with E-state index in [0.29, 0.717) is 5.56 Å². The van der Waals surface area contributed by atoms with Crippen molar-refractivity contribution < 1.29 is 18.6 Å². The van der Waals surface area contributed by atoms with Gasteiger partial charge in [0.05, 0.1) is 12.7 Å². The number of hydrogen-bond donors (Lipinski definition) is 1. The van der Waals surface area contributed by atoms with Gasteiger partial charge in [0.25, 0.3) is 6.43 Å². The molecule has 4 heteroatoms. The van der Waals surface area contributed by atoms with Crippen molar-refractivity contribution >= 4 is 0 Å². The minimum atomic E-state index is -2.53. The Morgan fingerprint density at radius 1 is 1.33 bits per heavy atom. The minimum Gasteiger partial charge on any atom is -0.496 e. The summed E-state index contributed by atoms with van der Waals surface area (Å²) in [4.78, 5) is 0. The normalized spacial score (nSPS) is 11.9. The molecule has 1 N–H and O–H groups in total. The fraction of sp³-hybridized carbons (Fsp3) is 0.455. The molecular weight excluding hydrogens is 202 g/mol. The second-order valence-electron chi connectivity index (χ2n) is 3.82. The fourth-order valence-corrected chi connectivity index (χ4v) is 1.35. The zero-order valence-corrected chi connectivity index (χ0v) is 8.92. The molecule has 0 bridgehead atoms. The summed E-state index contributed by atoms with van der Waals surface area (Å²) < 4.78 is 29.8. The molecule has 0 saturated carbocycles. The van der Waals surface area contributed by atoms with E-state index < -0.39 is 12.0 Å². The van der Waals surface area contributed by atoms with E-state index in [0.717, 1.165) is 0 Å². The summed E-state index contributed by atoms with van der Waals surface area (Å²) >= 11 is 0. The third kappa shape index (κ3) is 2.65. The van der Waals surface area contributed by atoms with Gasteiger partial charge in [-0.2, -0.15) is 0 Å². The van der Waals surface area contributed by atoms with E-state index in [-0.39, 0.29) is 11.3 Å². The number of hydrogen-bond acceptors (Lipinski definition) is 2. The molecule has 0 spiro atoms. The molecule has 0 atom stereocenters. The number of ether oxygens (including phenoxy) is 1. The Hall–Kier alpha value is -1.16. The summed E-state index contributed by atoms with van der Waals surface area (Å²) in [6.07, 6.45) is -2.53. The summed E-state index contributed by atoms with van der Waals surface area (Å²) in [7, 11) is 1.39. The molecule has 0 unspecified atom stereocenters. The van der Waals surface area contributed by atoms with E-state index in [2.05, 4.69) is 0 Å². The number of rotatable bonds is 3. The van der Waals surface area contributed by atoms with Crippen molar-refractivity contribution in [2.45, 2.75) is 25.9 Å². The molecule has 84 valence electrons. The maximum Gasteiger partial charge on any atom is 0.263 e. The number of methoxy groups -OCH3 is 1. The van der Waals surface area contributed by atoms with Crippen molar-refractivity contribution in [3.8, 4) is 5.75 Å². The third-order valence-corrected chi connectivity index (χ3v) is 2.14. The van der Waals surface area contributed by atoms with Crippen molar-refractivity contribution in [3.63, 3.8) is 0 Å². The Morgan fingerprint density at radius 2 is 1.93 bits per heavy atom. The molecular formula is C11H14F2O2. The van der Waals surface area contributed by atoms with Gasteiger partial charge in [-0.3, -0.25) is 0 Å². The molecule has 0 aliphatic heterocycles. The fourth-order valence-electron chi connectivity index (χ4n) is 1.35. The van der Waals surface area contributed by atoms with Crippen LogP contribution in [0.25, 0.3) is 0 Å². The lowest BCUT2D eigenvalue weighted by atomic mass is 9.96. The van der Waals surface area contributed by atoms with Crippen LogP contribution in [-0.4, -0.2) is 12.2 Å². The number of benzene rings is 1. The van der Waals surface area contributed by atoms with Gasteiger partial charge in [-0.05, 0) is 19.9 Å². The minimum absolute atomic E-state index is 0.111. The smallest absolute Gasteiger partial charge is 0.263 e. The maximum atomic E-state index is 12.4. The summed E-state index contributed by atoms with van der Waals surface area (Å²) in [6, 6.07) is 4.00. The van der Waals surface area contributed by atoms with E-state index >= 15 is 0 Å². The molecule has 0 saturated heterocycles. The SMILES string of the molecule is COc1cc(C(F)F)ccc1C(C)(C)O. The predicted molar refractivity (Wildman–Crippen MR) is 53.2 cm³/mol. The van der Waals surface area contributed by atoms with Gasteiger partial charge in [0.2, 0.25) is 0 Å². The Balaban J connectivity index is 3.21. The Kier molecular flexibility index (Phi) is 3.29. The van der Waals surface area contributed by atoms with Crippen LogP contribution in [-0.2, 0) is 5.60 Å². The first-order valence-corrected chi connectivity index (χ1v) is 4.55. The van der Waals surface area contributed by atoms with Gasteiger partial charge in [-0.1, -0.05) is 12.1 Å².